The summed E-state index contributed by atoms with van der Waals surface area (Å²) in [6, 6.07) is 19.8. The van der Waals surface area contributed by atoms with Crippen molar-refractivity contribution in [2.24, 2.45) is 0 Å². The van der Waals surface area contributed by atoms with E-state index in [1.807, 2.05) is 30.3 Å². The lowest BCUT2D eigenvalue weighted by atomic mass is 10.2. The lowest BCUT2D eigenvalue weighted by Crippen LogP contribution is -2.26. The first kappa shape index (κ1) is 21.7. The number of nitrogens with zero attached hydrogens (tertiary/aromatic N) is 2. The number of amides is 1. The van der Waals surface area contributed by atoms with Gasteiger partial charge in [0.05, 0.1) is 23.9 Å². The molecule has 6 heteroatoms. The Morgan fingerprint density at radius 3 is 2.69 bits per heavy atom. The minimum Gasteiger partial charge on any atom is -0.494 e. The van der Waals surface area contributed by atoms with Gasteiger partial charge in [-0.25, -0.2) is 4.98 Å². The molecule has 0 aliphatic rings. The molecule has 4 rings (SSSR count). The maximum Gasteiger partial charge on any atom is 0.286 e. The van der Waals surface area contributed by atoms with Crippen molar-refractivity contribution >= 4 is 16.9 Å². The van der Waals surface area contributed by atoms with Crippen LogP contribution in [-0.4, -0.2) is 28.6 Å². The van der Waals surface area contributed by atoms with Crippen LogP contribution in [0.3, 0.4) is 0 Å². The van der Waals surface area contributed by atoms with Crippen molar-refractivity contribution in [1.82, 2.24) is 14.9 Å². The summed E-state index contributed by atoms with van der Waals surface area (Å²) in [6.45, 7) is 4.20. The standard InChI is InChI=1S/C26H29N3O3/c1-2-20-11-13-21(14-12-20)31-18-6-5-17-29-23-9-4-3-8-22(23)28-25(29)15-16-27-26(30)24-10-7-19-32-24/h3-4,7-14,19H,2,5-6,15-18H2,1H3,(H,27,30). The Kier molecular flexibility index (Phi) is 7.23. The van der Waals surface area contributed by atoms with Crippen molar-refractivity contribution in [3.05, 3.63) is 84.1 Å². The number of fused-ring (bicyclic) bond motifs is 1. The Morgan fingerprint density at radius 2 is 1.91 bits per heavy atom. The zero-order chi connectivity index (χ0) is 22.2. The molecular weight excluding hydrogens is 402 g/mol. The molecular formula is C26H29N3O3. The van der Waals surface area contributed by atoms with Gasteiger partial charge in [0, 0.05) is 19.5 Å². The Hall–Kier alpha value is -3.54. The number of carbonyl (C=O) groups is 1. The van der Waals surface area contributed by atoms with E-state index in [-0.39, 0.29) is 5.91 Å². The summed E-state index contributed by atoms with van der Waals surface area (Å²) < 4.78 is 13.3. The average Bonchev–Trinajstić information content (AvgIpc) is 3.48. The van der Waals surface area contributed by atoms with Crippen LogP contribution < -0.4 is 10.1 Å². The highest BCUT2D eigenvalue weighted by atomic mass is 16.5. The predicted molar refractivity (Wildman–Crippen MR) is 125 cm³/mol. The largest absolute Gasteiger partial charge is 0.494 e. The summed E-state index contributed by atoms with van der Waals surface area (Å²) in [6.07, 6.45) is 5.13. The van der Waals surface area contributed by atoms with Crippen molar-refractivity contribution in [2.75, 3.05) is 13.2 Å². The van der Waals surface area contributed by atoms with Crippen LogP contribution >= 0.6 is 0 Å². The first-order valence-electron chi connectivity index (χ1n) is 11.2. The molecule has 0 fully saturated rings. The van der Waals surface area contributed by atoms with Gasteiger partial charge in [0.25, 0.3) is 5.91 Å². The average molecular weight is 432 g/mol. The molecule has 4 aromatic rings. The lowest BCUT2D eigenvalue weighted by Gasteiger charge is -2.11. The minimum atomic E-state index is -0.207. The fourth-order valence-corrected chi connectivity index (χ4v) is 3.73. The molecule has 0 aliphatic carbocycles. The molecule has 0 radical (unpaired) electrons. The molecule has 166 valence electrons. The summed E-state index contributed by atoms with van der Waals surface area (Å²) >= 11 is 0. The third-order valence-corrected chi connectivity index (χ3v) is 5.49. The van der Waals surface area contributed by atoms with Crippen LogP contribution in [0.1, 0.15) is 41.7 Å². The first-order valence-corrected chi connectivity index (χ1v) is 11.2. The second kappa shape index (κ2) is 10.7. The Labute approximate surface area is 188 Å². The maximum atomic E-state index is 12.1. The first-order chi connectivity index (χ1) is 15.7. The molecule has 1 N–H and O–H groups in total. The summed E-state index contributed by atoms with van der Waals surface area (Å²) in [5, 5.41) is 2.90. The minimum absolute atomic E-state index is 0.207. The topological polar surface area (TPSA) is 69.3 Å². The van der Waals surface area contributed by atoms with Gasteiger partial charge in [0.1, 0.15) is 11.6 Å². The highest BCUT2D eigenvalue weighted by molar-refractivity contribution is 5.91. The summed E-state index contributed by atoms with van der Waals surface area (Å²) in [4.78, 5) is 16.9. The SMILES string of the molecule is CCc1ccc(OCCCCn2c(CCNC(=O)c3ccco3)nc3ccccc32)cc1. The van der Waals surface area contributed by atoms with Gasteiger partial charge in [0.15, 0.2) is 5.76 Å². The molecule has 2 heterocycles. The number of nitrogens with one attached hydrogen (secondary N) is 1. The molecule has 0 unspecified atom stereocenters. The van der Waals surface area contributed by atoms with E-state index in [1.54, 1.807) is 12.1 Å². The van der Waals surface area contributed by atoms with E-state index in [9.17, 15) is 4.79 Å². The highest BCUT2D eigenvalue weighted by Crippen LogP contribution is 2.18. The van der Waals surface area contributed by atoms with E-state index >= 15 is 0 Å². The monoisotopic (exact) mass is 431 g/mol. The maximum absolute atomic E-state index is 12.1. The number of para-hydroxylation sites is 2. The Morgan fingerprint density at radius 1 is 1.06 bits per heavy atom. The van der Waals surface area contributed by atoms with Gasteiger partial charge in [-0.2, -0.15) is 0 Å². The number of aryl methyl sites for hydroxylation is 2. The fraction of sp³-hybridized carbons (Fsp3) is 0.308. The molecule has 0 spiro atoms. The van der Waals surface area contributed by atoms with Crippen LogP contribution in [0.5, 0.6) is 5.75 Å². The van der Waals surface area contributed by atoms with Crippen molar-refractivity contribution in [1.29, 1.82) is 0 Å². The smallest absolute Gasteiger partial charge is 0.286 e. The zero-order valence-electron chi connectivity index (χ0n) is 18.4. The summed E-state index contributed by atoms with van der Waals surface area (Å²) in [5.41, 5.74) is 3.42. The number of hydrogen-bond donors (Lipinski definition) is 1. The van der Waals surface area contributed by atoms with Gasteiger partial charge < -0.3 is 19.0 Å². The van der Waals surface area contributed by atoms with Gasteiger partial charge in [-0.1, -0.05) is 31.2 Å². The summed E-state index contributed by atoms with van der Waals surface area (Å²) in [7, 11) is 0. The molecule has 0 bridgehead atoms. The number of aromatic nitrogens is 2. The van der Waals surface area contributed by atoms with Crippen LogP contribution in [0, 0.1) is 0 Å². The van der Waals surface area contributed by atoms with Gasteiger partial charge in [0.2, 0.25) is 0 Å². The van der Waals surface area contributed by atoms with Crippen molar-refractivity contribution < 1.29 is 13.9 Å². The summed E-state index contributed by atoms with van der Waals surface area (Å²) in [5.74, 6) is 2.01. The highest BCUT2D eigenvalue weighted by Gasteiger charge is 2.12. The van der Waals surface area contributed by atoms with Gasteiger partial charge >= 0.3 is 0 Å². The number of imidazole rings is 1. The molecule has 0 saturated heterocycles. The number of carbonyl (C=O) groups excluding carboxylic acids is 1. The number of unbranched alkanes of at least 4 members (excludes halogenated alkanes) is 1. The second-order valence-electron chi connectivity index (χ2n) is 7.70. The molecule has 6 nitrogen and oxygen atoms in total. The zero-order valence-corrected chi connectivity index (χ0v) is 18.4. The van der Waals surface area contributed by atoms with Crippen LogP contribution in [0.15, 0.2) is 71.3 Å². The lowest BCUT2D eigenvalue weighted by molar-refractivity contribution is 0.0926. The molecule has 32 heavy (non-hydrogen) atoms. The van der Waals surface area contributed by atoms with E-state index in [0.29, 0.717) is 25.3 Å². The molecule has 2 aromatic heterocycles. The molecule has 0 saturated carbocycles. The third-order valence-electron chi connectivity index (χ3n) is 5.49. The van der Waals surface area contributed by atoms with Gasteiger partial charge in [-0.3, -0.25) is 4.79 Å². The Bertz CT molecular complexity index is 1130. The number of rotatable bonds is 11. The fourth-order valence-electron chi connectivity index (χ4n) is 3.73. The molecule has 0 aliphatic heterocycles. The van der Waals surface area contributed by atoms with Crippen LogP contribution in [0.25, 0.3) is 11.0 Å². The van der Waals surface area contributed by atoms with Crippen LogP contribution in [0.4, 0.5) is 0 Å². The van der Waals surface area contributed by atoms with Crippen LogP contribution in [0.2, 0.25) is 0 Å². The van der Waals surface area contributed by atoms with Gasteiger partial charge in [-0.05, 0) is 61.2 Å². The molecule has 0 atom stereocenters. The van der Waals surface area contributed by atoms with Crippen molar-refractivity contribution in [2.45, 2.75) is 39.2 Å². The number of hydrogen-bond acceptors (Lipinski definition) is 4. The third kappa shape index (κ3) is 5.38. The van der Waals surface area contributed by atoms with Crippen molar-refractivity contribution in [3.63, 3.8) is 0 Å². The van der Waals surface area contributed by atoms with E-state index in [1.165, 1.54) is 11.8 Å². The van der Waals surface area contributed by atoms with E-state index in [4.69, 9.17) is 14.1 Å². The van der Waals surface area contributed by atoms with E-state index in [2.05, 4.69) is 35.0 Å². The normalized spacial score (nSPS) is 11.0. The van der Waals surface area contributed by atoms with E-state index < -0.39 is 0 Å². The van der Waals surface area contributed by atoms with Gasteiger partial charge in [-0.15, -0.1) is 0 Å². The number of benzene rings is 2. The second-order valence-corrected chi connectivity index (χ2v) is 7.70. The quantitative estimate of drug-likeness (QED) is 0.339. The Balaban J connectivity index is 1.31. The number of furan rings is 1. The molecule has 2 aromatic carbocycles. The van der Waals surface area contributed by atoms with Crippen molar-refractivity contribution in [3.8, 4) is 5.75 Å². The number of ether oxygens (including phenoxy) is 1. The van der Waals surface area contributed by atoms with Crippen LogP contribution in [-0.2, 0) is 19.4 Å². The predicted octanol–water partition coefficient (Wildman–Crippen LogP) is 5.02. The molecule has 1 amide bonds. The van der Waals surface area contributed by atoms with E-state index in [0.717, 1.165) is 48.4 Å².